The Balaban J connectivity index is 3.04. The van der Waals surface area contributed by atoms with E-state index in [2.05, 4.69) is 45.5 Å². The third-order valence-corrected chi connectivity index (χ3v) is 19.7. The quantitative estimate of drug-likeness (QED) is 0.530. The number of aryl methyl sites for hydroxylation is 2. The average molecular weight is 385 g/mol. The van der Waals surface area contributed by atoms with Crippen molar-refractivity contribution in [2.45, 2.75) is 79.5 Å². The molecule has 0 aliphatic carbocycles. The average Bonchev–Trinajstić information content (AvgIpc) is 2.79. The van der Waals surface area contributed by atoms with Crippen LogP contribution >= 0.6 is 0 Å². The minimum atomic E-state index is -2.25. The molecule has 0 fully saturated rings. The van der Waals surface area contributed by atoms with Gasteiger partial charge in [-0.1, -0.05) is 0 Å². The number of hydrogen-bond donors (Lipinski definition) is 0. The molecule has 1 heterocycles. The van der Waals surface area contributed by atoms with Crippen molar-refractivity contribution in [1.82, 2.24) is 9.78 Å². The van der Waals surface area contributed by atoms with E-state index in [9.17, 15) is 0 Å². The summed E-state index contributed by atoms with van der Waals surface area (Å²) in [6, 6.07) is 2.43. The zero-order valence-corrected chi connectivity index (χ0v) is 17.2. The zero-order chi connectivity index (χ0) is 15.0. The molecular weight excluding hydrogens is 351 g/mol. The molecule has 3 heteroatoms. The van der Waals surface area contributed by atoms with Crippen molar-refractivity contribution in [1.29, 1.82) is 0 Å². The second-order valence-electron chi connectivity index (χ2n) is 6.39. The van der Waals surface area contributed by atoms with Gasteiger partial charge in [-0.2, -0.15) is 0 Å². The van der Waals surface area contributed by atoms with E-state index in [1.54, 1.807) is 3.71 Å². The molecule has 0 bridgehead atoms. The third kappa shape index (κ3) is 4.78. The SMILES string of the molecule is CCC[CH2][Sn]([CH2]CCC)([CH2]CCC)[c]1cc(C)n(C)n1. The maximum absolute atomic E-state index is 4.95. The van der Waals surface area contributed by atoms with Gasteiger partial charge in [-0.3, -0.25) is 0 Å². The van der Waals surface area contributed by atoms with E-state index < -0.39 is 18.4 Å². The maximum atomic E-state index is 4.95. The molecule has 116 valence electrons. The first-order chi connectivity index (χ1) is 9.59. The van der Waals surface area contributed by atoms with Gasteiger partial charge in [0, 0.05) is 0 Å². The number of hydrogen-bond acceptors (Lipinski definition) is 1. The van der Waals surface area contributed by atoms with Crippen LogP contribution < -0.4 is 3.71 Å². The Labute approximate surface area is 130 Å². The molecule has 1 rings (SSSR count). The van der Waals surface area contributed by atoms with Gasteiger partial charge in [0.1, 0.15) is 0 Å². The molecule has 0 aliphatic heterocycles. The topological polar surface area (TPSA) is 17.8 Å². The third-order valence-electron chi connectivity index (χ3n) is 4.68. The van der Waals surface area contributed by atoms with Crippen LogP contribution in [0.3, 0.4) is 0 Å². The summed E-state index contributed by atoms with van der Waals surface area (Å²) in [4.78, 5) is 0. The number of unbranched alkanes of at least 4 members (excludes halogenated alkanes) is 3. The summed E-state index contributed by atoms with van der Waals surface area (Å²) in [7, 11) is 2.11. The molecule has 0 aromatic carbocycles. The van der Waals surface area contributed by atoms with Gasteiger partial charge in [-0.15, -0.1) is 0 Å². The van der Waals surface area contributed by atoms with Crippen LogP contribution in [0.1, 0.15) is 65.0 Å². The van der Waals surface area contributed by atoms with Crippen LogP contribution in [0, 0.1) is 6.92 Å². The monoisotopic (exact) mass is 386 g/mol. The molecule has 1 aromatic rings. The Morgan fingerprint density at radius 2 is 1.40 bits per heavy atom. The Kier molecular flexibility index (Phi) is 8.23. The van der Waals surface area contributed by atoms with Crippen molar-refractivity contribution >= 4 is 22.1 Å². The molecule has 0 N–H and O–H groups in total. The van der Waals surface area contributed by atoms with E-state index >= 15 is 0 Å². The van der Waals surface area contributed by atoms with Crippen LogP contribution in [-0.4, -0.2) is 28.2 Å². The van der Waals surface area contributed by atoms with Gasteiger partial charge in [0.15, 0.2) is 0 Å². The Bertz CT molecular complexity index is 343. The first-order valence-electron chi connectivity index (χ1n) is 8.60. The molecule has 0 saturated carbocycles. The van der Waals surface area contributed by atoms with Crippen LogP contribution in [0.15, 0.2) is 6.07 Å². The van der Waals surface area contributed by atoms with Gasteiger partial charge in [0.05, 0.1) is 0 Å². The normalized spacial score (nSPS) is 12.1. The van der Waals surface area contributed by atoms with Gasteiger partial charge in [0.25, 0.3) is 0 Å². The van der Waals surface area contributed by atoms with E-state index in [0.717, 1.165) is 0 Å². The van der Waals surface area contributed by atoms with Gasteiger partial charge >= 0.3 is 130 Å². The van der Waals surface area contributed by atoms with Crippen LogP contribution in [0.25, 0.3) is 0 Å². The second-order valence-corrected chi connectivity index (χ2v) is 19.4. The predicted octanol–water partition coefficient (Wildman–Crippen LogP) is 4.78. The van der Waals surface area contributed by atoms with Crippen molar-refractivity contribution in [2.75, 3.05) is 0 Å². The Hall–Kier alpha value is 0.00870. The van der Waals surface area contributed by atoms with Gasteiger partial charge in [-0.25, -0.2) is 0 Å². The Morgan fingerprint density at radius 1 is 0.950 bits per heavy atom. The number of nitrogens with zero attached hydrogens (tertiary/aromatic N) is 2. The first-order valence-corrected chi connectivity index (χ1v) is 16.1. The van der Waals surface area contributed by atoms with Crippen LogP contribution in [0.2, 0.25) is 13.3 Å². The summed E-state index contributed by atoms with van der Waals surface area (Å²) < 4.78 is 8.21. The Morgan fingerprint density at radius 3 is 1.70 bits per heavy atom. The molecule has 0 amide bonds. The molecule has 0 radical (unpaired) electrons. The molecule has 0 aliphatic rings. The van der Waals surface area contributed by atoms with Gasteiger partial charge in [0.2, 0.25) is 0 Å². The van der Waals surface area contributed by atoms with Crippen LogP contribution in [0.4, 0.5) is 0 Å². The van der Waals surface area contributed by atoms with Crippen LogP contribution in [0.5, 0.6) is 0 Å². The molecular formula is C17H34N2Sn. The predicted molar refractivity (Wildman–Crippen MR) is 92.5 cm³/mol. The summed E-state index contributed by atoms with van der Waals surface area (Å²) in [5, 5.41) is 4.95. The molecule has 20 heavy (non-hydrogen) atoms. The summed E-state index contributed by atoms with van der Waals surface area (Å²) in [6.45, 7) is 9.20. The summed E-state index contributed by atoms with van der Waals surface area (Å²) >= 11 is -2.25. The van der Waals surface area contributed by atoms with Crippen LogP contribution in [-0.2, 0) is 7.05 Å². The molecule has 0 atom stereocenters. The minimum absolute atomic E-state index is 1.34. The standard InChI is InChI=1S/C5H7N2.3C4H9.Sn/c1-5-3-4-6-7(5)2;3*1-3-4-2;/h3H,1-2H3;3*1,3-4H2,2H3;. The first kappa shape index (κ1) is 18.1. The fraction of sp³-hybridized carbons (Fsp3) is 0.824. The van der Waals surface area contributed by atoms with Crippen molar-refractivity contribution in [3.63, 3.8) is 0 Å². The molecule has 2 nitrogen and oxygen atoms in total. The second kappa shape index (κ2) is 9.11. The van der Waals surface area contributed by atoms with Gasteiger partial charge < -0.3 is 0 Å². The summed E-state index contributed by atoms with van der Waals surface area (Å²) in [5.74, 6) is 0. The van der Waals surface area contributed by atoms with E-state index in [1.165, 1.54) is 57.5 Å². The molecule has 0 unspecified atom stereocenters. The van der Waals surface area contributed by atoms with E-state index in [0.29, 0.717) is 0 Å². The van der Waals surface area contributed by atoms with Crippen molar-refractivity contribution in [3.8, 4) is 0 Å². The zero-order valence-electron chi connectivity index (χ0n) is 14.3. The van der Waals surface area contributed by atoms with E-state index in [-0.39, 0.29) is 0 Å². The summed E-state index contributed by atoms with van der Waals surface area (Å²) in [5.41, 5.74) is 1.34. The van der Waals surface area contributed by atoms with E-state index in [1.807, 2.05) is 0 Å². The van der Waals surface area contributed by atoms with Crippen molar-refractivity contribution in [2.24, 2.45) is 7.05 Å². The van der Waals surface area contributed by atoms with Gasteiger partial charge in [-0.05, 0) is 0 Å². The summed E-state index contributed by atoms with van der Waals surface area (Å²) in [6.07, 6.45) is 8.26. The molecule has 0 saturated heterocycles. The molecule has 0 spiro atoms. The number of aromatic nitrogens is 2. The number of rotatable bonds is 10. The van der Waals surface area contributed by atoms with Crippen molar-refractivity contribution < 1.29 is 0 Å². The fourth-order valence-electron chi connectivity index (χ4n) is 3.12. The fourth-order valence-corrected chi connectivity index (χ4v) is 18.8. The van der Waals surface area contributed by atoms with E-state index in [4.69, 9.17) is 5.10 Å². The van der Waals surface area contributed by atoms with Crippen molar-refractivity contribution in [3.05, 3.63) is 11.8 Å². The molecule has 1 aromatic heterocycles.